The molecular weight excluding hydrogens is 398 g/mol. The largest absolute Gasteiger partial charge is 0.464 e. The van der Waals surface area contributed by atoms with Crippen molar-refractivity contribution in [3.63, 3.8) is 0 Å². The summed E-state index contributed by atoms with van der Waals surface area (Å²) in [4.78, 5) is 6.75. The van der Waals surface area contributed by atoms with Gasteiger partial charge in [0.05, 0.1) is 11.2 Å². The number of nitrogens with one attached hydrogen (secondary N) is 1. The van der Waals surface area contributed by atoms with Crippen molar-refractivity contribution in [2.75, 3.05) is 13.1 Å². The van der Waals surface area contributed by atoms with Crippen LogP contribution < -0.4 is 4.72 Å². The zero-order chi connectivity index (χ0) is 20.6. The van der Waals surface area contributed by atoms with Crippen molar-refractivity contribution >= 4 is 31.8 Å². The molecule has 2 aromatic carbocycles. The van der Waals surface area contributed by atoms with E-state index in [4.69, 9.17) is 4.42 Å². The van der Waals surface area contributed by atoms with Gasteiger partial charge in [-0.1, -0.05) is 30.3 Å². The molecule has 0 saturated carbocycles. The van der Waals surface area contributed by atoms with Gasteiger partial charge in [-0.25, -0.2) is 13.1 Å². The molecule has 30 heavy (non-hydrogen) atoms. The third-order valence-electron chi connectivity index (χ3n) is 5.79. The van der Waals surface area contributed by atoms with Gasteiger partial charge in [-0.2, -0.15) is 0 Å². The first-order valence-electron chi connectivity index (χ1n) is 10.1. The first-order chi connectivity index (χ1) is 14.6. The number of sulfonamides is 1. The topological polar surface area (TPSA) is 75.4 Å². The highest BCUT2D eigenvalue weighted by Gasteiger charge is 2.26. The molecule has 0 bridgehead atoms. The number of aromatic nitrogens is 1. The highest BCUT2D eigenvalue weighted by atomic mass is 32.2. The third-order valence-corrected chi connectivity index (χ3v) is 7.37. The van der Waals surface area contributed by atoms with E-state index in [1.54, 1.807) is 30.6 Å². The van der Waals surface area contributed by atoms with Crippen LogP contribution >= 0.6 is 0 Å². The maximum absolute atomic E-state index is 13.0. The van der Waals surface area contributed by atoms with Crippen molar-refractivity contribution in [2.24, 2.45) is 0 Å². The lowest BCUT2D eigenvalue weighted by Crippen LogP contribution is -2.44. The van der Waals surface area contributed by atoms with Gasteiger partial charge in [-0.3, -0.25) is 9.88 Å². The van der Waals surface area contributed by atoms with E-state index in [0.717, 1.165) is 48.8 Å². The minimum Gasteiger partial charge on any atom is -0.464 e. The Morgan fingerprint density at radius 1 is 1.03 bits per heavy atom. The number of likely N-dealkylation sites (tertiary alicyclic amines) is 1. The van der Waals surface area contributed by atoms with Crippen molar-refractivity contribution in [1.29, 1.82) is 0 Å². The first-order valence-corrected chi connectivity index (χ1v) is 11.6. The van der Waals surface area contributed by atoms with Crippen LogP contribution in [0.1, 0.15) is 18.4 Å². The molecule has 0 atom stereocenters. The van der Waals surface area contributed by atoms with Crippen LogP contribution in [0.15, 0.2) is 76.5 Å². The Bertz CT molecular complexity index is 1290. The van der Waals surface area contributed by atoms with Gasteiger partial charge in [-0.05, 0) is 31.0 Å². The summed E-state index contributed by atoms with van der Waals surface area (Å²) in [6, 6.07) is 15.0. The number of benzene rings is 2. The molecule has 3 heterocycles. The van der Waals surface area contributed by atoms with Gasteiger partial charge in [-0.15, -0.1) is 0 Å². The SMILES string of the molecule is O=S(=O)(NC1CCN(Cc2coc3ccccc23)CC1)c1cccc2cnccc12. The van der Waals surface area contributed by atoms with Crippen molar-refractivity contribution < 1.29 is 12.8 Å². The number of pyridine rings is 1. The number of hydrogen-bond acceptors (Lipinski definition) is 5. The monoisotopic (exact) mass is 421 g/mol. The number of piperidine rings is 1. The molecule has 154 valence electrons. The third kappa shape index (κ3) is 3.71. The quantitative estimate of drug-likeness (QED) is 0.529. The van der Waals surface area contributed by atoms with Gasteiger partial charge in [0.2, 0.25) is 10.0 Å². The Hall–Kier alpha value is -2.74. The summed E-state index contributed by atoms with van der Waals surface area (Å²) in [6.07, 6.45) is 6.70. The van der Waals surface area contributed by atoms with E-state index < -0.39 is 10.0 Å². The maximum Gasteiger partial charge on any atom is 0.241 e. The summed E-state index contributed by atoms with van der Waals surface area (Å²) < 4.78 is 34.6. The van der Waals surface area contributed by atoms with E-state index in [1.807, 2.05) is 30.5 Å². The van der Waals surface area contributed by atoms with Crippen LogP contribution in [0.5, 0.6) is 0 Å². The van der Waals surface area contributed by atoms with Gasteiger partial charge >= 0.3 is 0 Å². The fourth-order valence-corrected chi connectivity index (χ4v) is 5.75. The lowest BCUT2D eigenvalue weighted by atomic mass is 10.1. The Morgan fingerprint density at radius 3 is 2.73 bits per heavy atom. The van der Waals surface area contributed by atoms with Gasteiger partial charge in [0.25, 0.3) is 0 Å². The lowest BCUT2D eigenvalue weighted by Gasteiger charge is -2.32. The molecule has 1 fully saturated rings. The second kappa shape index (κ2) is 7.83. The fraction of sp³-hybridized carbons (Fsp3) is 0.261. The summed E-state index contributed by atoms with van der Waals surface area (Å²) in [5.41, 5.74) is 2.08. The maximum atomic E-state index is 13.0. The number of para-hydroxylation sites is 1. The highest BCUT2D eigenvalue weighted by molar-refractivity contribution is 7.89. The van der Waals surface area contributed by atoms with Gasteiger partial charge in [0, 0.05) is 59.8 Å². The Kier molecular flexibility index (Phi) is 5.02. The first kappa shape index (κ1) is 19.2. The number of fused-ring (bicyclic) bond motifs is 2. The van der Waals surface area contributed by atoms with Crippen LogP contribution in [0.2, 0.25) is 0 Å². The lowest BCUT2D eigenvalue weighted by molar-refractivity contribution is 0.200. The van der Waals surface area contributed by atoms with Crippen molar-refractivity contribution in [2.45, 2.75) is 30.3 Å². The Morgan fingerprint density at radius 2 is 1.87 bits per heavy atom. The molecule has 4 aromatic rings. The molecular formula is C23H23N3O3S. The average molecular weight is 422 g/mol. The summed E-state index contributed by atoms with van der Waals surface area (Å²) >= 11 is 0. The van der Waals surface area contributed by atoms with Gasteiger partial charge < -0.3 is 4.42 Å². The number of hydrogen-bond donors (Lipinski definition) is 1. The minimum atomic E-state index is -3.59. The summed E-state index contributed by atoms with van der Waals surface area (Å²) in [5, 5.41) is 2.66. The predicted octanol–water partition coefficient (Wildman–Crippen LogP) is 3.92. The zero-order valence-corrected chi connectivity index (χ0v) is 17.3. The van der Waals surface area contributed by atoms with E-state index in [1.165, 1.54) is 5.56 Å². The molecule has 5 rings (SSSR count). The summed E-state index contributed by atoms with van der Waals surface area (Å²) in [7, 11) is -3.59. The van der Waals surface area contributed by atoms with Crippen molar-refractivity contribution in [3.8, 4) is 0 Å². The van der Waals surface area contributed by atoms with E-state index in [0.29, 0.717) is 10.3 Å². The molecule has 1 N–H and O–H groups in total. The molecule has 0 radical (unpaired) electrons. The summed E-state index contributed by atoms with van der Waals surface area (Å²) in [6.45, 7) is 2.49. The molecule has 2 aromatic heterocycles. The molecule has 0 spiro atoms. The Labute approximate surface area is 175 Å². The second-order valence-corrected chi connectivity index (χ2v) is 9.46. The molecule has 0 aliphatic carbocycles. The fourth-order valence-electron chi connectivity index (χ4n) is 4.22. The molecule has 0 amide bonds. The molecule has 0 unspecified atom stereocenters. The zero-order valence-electron chi connectivity index (χ0n) is 16.5. The van der Waals surface area contributed by atoms with Crippen molar-refractivity contribution in [3.05, 3.63) is 72.8 Å². The molecule has 6 nitrogen and oxygen atoms in total. The van der Waals surface area contributed by atoms with E-state index in [-0.39, 0.29) is 6.04 Å². The molecule has 1 aliphatic heterocycles. The molecule has 1 aliphatic rings. The van der Waals surface area contributed by atoms with Crippen LogP contribution in [-0.4, -0.2) is 37.4 Å². The van der Waals surface area contributed by atoms with Gasteiger partial charge in [0.1, 0.15) is 5.58 Å². The predicted molar refractivity (Wildman–Crippen MR) is 117 cm³/mol. The van der Waals surface area contributed by atoms with Crippen LogP contribution in [-0.2, 0) is 16.6 Å². The smallest absolute Gasteiger partial charge is 0.241 e. The normalized spacial score (nSPS) is 16.4. The minimum absolute atomic E-state index is 0.0653. The standard InChI is InChI=1S/C23H23N3O3S/c27-30(28,23-7-3-4-17-14-24-11-8-21(17)23)25-19-9-12-26(13-10-19)15-18-16-29-22-6-2-1-5-20(18)22/h1-8,11,14,16,19,25H,9-10,12-13,15H2. The van der Waals surface area contributed by atoms with E-state index in [9.17, 15) is 8.42 Å². The number of rotatable bonds is 5. The second-order valence-electron chi connectivity index (χ2n) is 7.78. The van der Waals surface area contributed by atoms with E-state index >= 15 is 0 Å². The van der Waals surface area contributed by atoms with Crippen molar-refractivity contribution in [1.82, 2.24) is 14.6 Å². The summed E-state index contributed by atoms with van der Waals surface area (Å²) in [5.74, 6) is 0. The van der Waals surface area contributed by atoms with Crippen LogP contribution in [0.4, 0.5) is 0 Å². The highest BCUT2D eigenvalue weighted by Crippen LogP contribution is 2.25. The van der Waals surface area contributed by atoms with Crippen LogP contribution in [0, 0.1) is 0 Å². The van der Waals surface area contributed by atoms with E-state index in [2.05, 4.69) is 20.7 Å². The van der Waals surface area contributed by atoms with Gasteiger partial charge in [0.15, 0.2) is 0 Å². The molecule has 1 saturated heterocycles. The Balaban J connectivity index is 1.25. The average Bonchev–Trinajstić information content (AvgIpc) is 3.17. The van der Waals surface area contributed by atoms with Crippen LogP contribution in [0.25, 0.3) is 21.7 Å². The van der Waals surface area contributed by atoms with Crippen LogP contribution in [0.3, 0.4) is 0 Å². The molecule has 7 heteroatoms. The number of nitrogens with zero attached hydrogens (tertiary/aromatic N) is 2. The number of furan rings is 1.